The van der Waals surface area contributed by atoms with Crippen molar-refractivity contribution < 1.29 is 0 Å². The summed E-state index contributed by atoms with van der Waals surface area (Å²) in [5.74, 6) is 0. The molecule has 4 heteroatoms. The SMILES string of the molecule is CNC(Cc1cnn(C)c1)c1cnccc1C. The molecule has 2 aromatic heterocycles. The summed E-state index contributed by atoms with van der Waals surface area (Å²) in [4.78, 5) is 4.20. The van der Waals surface area contributed by atoms with Crippen molar-refractivity contribution in [2.75, 3.05) is 7.05 Å². The molecular weight excluding hydrogens is 212 g/mol. The van der Waals surface area contributed by atoms with E-state index < -0.39 is 0 Å². The van der Waals surface area contributed by atoms with Gasteiger partial charge in [-0.1, -0.05) is 0 Å². The quantitative estimate of drug-likeness (QED) is 0.868. The monoisotopic (exact) mass is 230 g/mol. The Bertz CT molecular complexity index is 490. The van der Waals surface area contributed by atoms with E-state index in [1.165, 1.54) is 16.7 Å². The molecule has 1 unspecified atom stereocenters. The fourth-order valence-corrected chi connectivity index (χ4v) is 2.02. The molecule has 0 saturated heterocycles. The smallest absolute Gasteiger partial charge is 0.0522 e. The Kier molecular flexibility index (Phi) is 3.54. The molecular formula is C13H18N4. The summed E-state index contributed by atoms with van der Waals surface area (Å²) in [7, 11) is 3.92. The Morgan fingerprint density at radius 2 is 2.24 bits per heavy atom. The highest BCUT2D eigenvalue weighted by Gasteiger charge is 2.13. The Morgan fingerprint density at radius 3 is 2.82 bits per heavy atom. The lowest BCUT2D eigenvalue weighted by Gasteiger charge is -2.17. The summed E-state index contributed by atoms with van der Waals surface area (Å²) in [6.07, 6.45) is 8.66. The Hall–Kier alpha value is -1.68. The average molecular weight is 230 g/mol. The maximum absolute atomic E-state index is 4.20. The molecule has 17 heavy (non-hydrogen) atoms. The molecule has 0 aliphatic heterocycles. The van der Waals surface area contributed by atoms with Crippen LogP contribution in [0.5, 0.6) is 0 Å². The van der Waals surface area contributed by atoms with Crippen LogP contribution in [0.3, 0.4) is 0 Å². The van der Waals surface area contributed by atoms with Gasteiger partial charge in [0.25, 0.3) is 0 Å². The highest BCUT2D eigenvalue weighted by molar-refractivity contribution is 5.26. The van der Waals surface area contributed by atoms with Crippen molar-refractivity contribution in [1.82, 2.24) is 20.1 Å². The largest absolute Gasteiger partial charge is 0.313 e. The predicted octanol–water partition coefficient (Wildman–Crippen LogP) is 1.63. The molecule has 2 aromatic rings. The van der Waals surface area contributed by atoms with E-state index in [9.17, 15) is 0 Å². The third kappa shape index (κ3) is 2.71. The normalized spacial score (nSPS) is 12.6. The molecule has 1 N–H and O–H groups in total. The summed E-state index contributed by atoms with van der Waals surface area (Å²) >= 11 is 0. The van der Waals surface area contributed by atoms with Crippen molar-refractivity contribution in [3.63, 3.8) is 0 Å². The number of hydrogen-bond acceptors (Lipinski definition) is 3. The summed E-state index contributed by atoms with van der Waals surface area (Å²) in [5.41, 5.74) is 3.75. The summed E-state index contributed by atoms with van der Waals surface area (Å²) in [6.45, 7) is 2.12. The first kappa shape index (κ1) is 11.8. The standard InChI is InChI=1S/C13H18N4/c1-10-4-5-15-8-12(10)13(14-2)6-11-7-16-17(3)9-11/h4-5,7-9,13-14H,6H2,1-3H3. The van der Waals surface area contributed by atoms with Gasteiger partial charge in [0.1, 0.15) is 0 Å². The Morgan fingerprint density at radius 1 is 1.41 bits per heavy atom. The molecule has 0 bridgehead atoms. The molecule has 0 aliphatic rings. The molecule has 0 saturated carbocycles. The van der Waals surface area contributed by atoms with Crippen molar-refractivity contribution in [3.8, 4) is 0 Å². The average Bonchev–Trinajstić information content (AvgIpc) is 2.73. The van der Waals surface area contributed by atoms with E-state index in [0.29, 0.717) is 0 Å². The number of aryl methyl sites for hydroxylation is 2. The van der Waals surface area contributed by atoms with Gasteiger partial charge in [0, 0.05) is 31.7 Å². The molecule has 0 radical (unpaired) electrons. The van der Waals surface area contributed by atoms with Gasteiger partial charge in [0.2, 0.25) is 0 Å². The van der Waals surface area contributed by atoms with Crippen LogP contribution in [0.15, 0.2) is 30.9 Å². The van der Waals surface area contributed by atoms with Crippen LogP contribution >= 0.6 is 0 Å². The summed E-state index contributed by atoms with van der Waals surface area (Å²) < 4.78 is 1.83. The molecule has 2 rings (SSSR count). The van der Waals surface area contributed by atoms with Crippen LogP contribution in [0.4, 0.5) is 0 Å². The van der Waals surface area contributed by atoms with Crippen LogP contribution in [0.1, 0.15) is 22.7 Å². The number of pyridine rings is 1. The number of nitrogens with zero attached hydrogens (tertiary/aromatic N) is 3. The van der Waals surface area contributed by atoms with E-state index in [0.717, 1.165) is 6.42 Å². The van der Waals surface area contributed by atoms with Crippen LogP contribution in [0.25, 0.3) is 0 Å². The number of nitrogens with one attached hydrogen (secondary N) is 1. The lowest BCUT2D eigenvalue weighted by Crippen LogP contribution is -2.19. The van der Waals surface area contributed by atoms with Crippen LogP contribution in [0.2, 0.25) is 0 Å². The second kappa shape index (κ2) is 5.10. The third-order valence-electron chi connectivity index (χ3n) is 3.00. The van der Waals surface area contributed by atoms with Gasteiger partial charge in [-0.05, 0) is 43.1 Å². The Balaban J connectivity index is 2.20. The Labute approximate surface area is 102 Å². The molecule has 1 atom stereocenters. The summed E-state index contributed by atoms with van der Waals surface area (Å²) in [6, 6.07) is 2.33. The van der Waals surface area contributed by atoms with Gasteiger partial charge >= 0.3 is 0 Å². The predicted molar refractivity (Wildman–Crippen MR) is 67.7 cm³/mol. The number of hydrogen-bond donors (Lipinski definition) is 1. The van der Waals surface area contributed by atoms with Crippen molar-refractivity contribution in [2.45, 2.75) is 19.4 Å². The van der Waals surface area contributed by atoms with Crippen molar-refractivity contribution >= 4 is 0 Å². The molecule has 0 aliphatic carbocycles. The van der Waals surface area contributed by atoms with Crippen LogP contribution in [-0.4, -0.2) is 21.8 Å². The van der Waals surface area contributed by atoms with Gasteiger partial charge in [-0.15, -0.1) is 0 Å². The maximum atomic E-state index is 4.20. The topological polar surface area (TPSA) is 42.7 Å². The van der Waals surface area contributed by atoms with Crippen molar-refractivity contribution in [1.29, 1.82) is 0 Å². The first-order valence-corrected chi connectivity index (χ1v) is 5.76. The van der Waals surface area contributed by atoms with E-state index in [-0.39, 0.29) is 6.04 Å². The first-order chi connectivity index (χ1) is 8.20. The third-order valence-corrected chi connectivity index (χ3v) is 3.00. The first-order valence-electron chi connectivity index (χ1n) is 5.76. The molecule has 0 amide bonds. The highest BCUT2D eigenvalue weighted by Crippen LogP contribution is 2.20. The highest BCUT2D eigenvalue weighted by atomic mass is 15.2. The second-order valence-corrected chi connectivity index (χ2v) is 4.30. The van der Waals surface area contributed by atoms with E-state index >= 15 is 0 Å². The zero-order valence-electron chi connectivity index (χ0n) is 10.5. The molecule has 90 valence electrons. The zero-order valence-corrected chi connectivity index (χ0v) is 10.5. The molecule has 0 spiro atoms. The number of rotatable bonds is 4. The summed E-state index contributed by atoms with van der Waals surface area (Å²) in [5, 5.41) is 7.53. The van der Waals surface area contributed by atoms with E-state index in [4.69, 9.17) is 0 Å². The zero-order chi connectivity index (χ0) is 12.3. The molecule has 0 fully saturated rings. The second-order valence-electron chi connectivity index (χ2n) is 4.30. The van der Waals surface area contributed by atoms with Gasteiger partial charge in [-0.2, -0.15) is 5.10 Å². The van der Waals surface area contributed by atoms with Crippen LogP contribution in [0, 0.1) is 6.92 Å². The molecule has 4 nitrogen and oxygen atoms in total. The molecule has 2 heterocycles. The fraction of sp³-hybridized carbons (Fsp3) is 0.385. The minimum absolute atomic E-state index is 0.285. The van der Waals surface area contributed by atoms with Gasteiger partial charge in [0.15, 0.2) is 0 Å². The van der Waals surface area contributed by atoms with Crippen molar-refractivity contribution in [3.05, 3.63) is 47.5 Å². The van der Waals surface area contributed by atoms with E-state index in [1.807, 2.05) is 43.4 Å². The number of likely N-dealkylation sites (N-methyl/N-ethyl adjacent to an activating group) is 1. The lowest BCUT2D eigenvalue weighted by atomic mass is 9.99. The van der Waals surface area contributed by atoms with Gasteiger partial charge < -0.3 is 5.32 Å². The minimum Gasteiger partial charge on any atom is -0.313 e. The van der Waals surface area contributed by atoms with Gasteiger partial charge in [0.05, 0.1) is 6.20 Å². The fourth-order valence-electron chi connectivity index (χ4n) is 2.02. The van der Waals surface area contributed by atoms with Gasteiger partial charge in [-0.3, -0.25) is 9.67 Å². The van der Waals surface area contributed by atoms with Gasteiger partial charge in [-0.25, -0.2) is 0 Å². The van der Waals surface area contributed by atoms with Crippen LogP contribution < -0.4 is 5.32 Å². The molecule has 0 aromatic carbocycles. The number of aromatic nitrogens is 3. The minimum atomic E-state index is 0.285. The van der Waals surface area contributed by atoms with E-state index in [1.54, 1.807) is 0 Å². The van der Waals surface area contributed by atoms with Crippen LogP contribution in [-0.2, 0) is 13.5 Å². The lowest BCUT2D eigenvalue weighted by molar-refractivity contribution is 0.586. The van der Waals surface area contributed by atoms with Crippen molar-refractivity contribution in [2.24, 2.45) is 7.05 Å². The van der Waals surface area contributed by atoms with E-state index in [2.05, 4.69) is 28.5 Å². The maximum Gasteiger partial charge on any atom is 0.0522 e.